The smallest absolute Gasteiger partial charge is 0.232 e. The molecule has 2 aromatic rings. The molecule has 1 aromatic heterocycles. The minimum absolute atomic E-state index is 0.110. The Balaban J connectivity index is 2.45. The summed E-state index contributed by atoms with van der Waals surface area (Å²) in [4.78, 5) is 12.5. The number of hydrogen-bond acceptors (Lipinski definition) is 2. The van der Waals surface area contributed by atoms with Crippen molar-refractivity contribution in [3.05, 3.63) is 42.1 Å². The standard InChI is InChI=1S/C18H24ClN3O/c1-17(2,3)14-11-15(20-16(23)18(4,5)12-19)22(21-14)13-9-7-6-8-10-13/h6-11H,12H2,1-5H3,(H,20,23). The van der Waals surface area contributed by atoms with Gasteiger partial charge in [0.25, 0.3) is 0 Å². The minimum Gasteiger partial charge on any atom is -0.310 e. The largest absolute Gasteiger partial charge is 0.310 e. The molecule has 1 heterocycles. The highest BCUT2D eigenvalue weighted by Crippen LogP contribution is 2.28. The van der Waals surface area contributed by atoms with Gasteiger partial charge in [-0.2, -0.15) is 5.10 Å². The second-order valence-corrected chi connectivity index (χ2v) is 7.65. The Morgan fingerprint density at radius 2 is 1.78 bits per heavy atom. The number of nitrogens with one attached hydrogen (secondary N) is 1. The average molecular weight is 334 g/mol. The highest BCUT2D eigenvalue weighted by atomic mass is 35.5. The van der Waals surface area contributed by atoms with E-state index in [1.54, 1.807) is 4.68 Å². The Morgan fingerprint density at radius 3 is 2.30 bits per heavy atom. The Labute approximate surface area is 142 Å². The Hall–Kier alpha value is -1.81. The fraction of sp³-hybridized carbons (Fsp3) is 0.444. The number of hydrogen-bond donors (Lipinski definition) is 1. The Kier molecular flexibility index (Phi) is 4.85. The summed E-state index contributed by atoms with van der Waals surface area (Å²) >= 11 is 5.91. The number of benzene rings is 1. The van der Waals surface area contributed by atoms with Gasteiger partial charge in [-0.25, -0.2) is 4.68 Å². The summed E-state index contributed by atoms with van der Waals surface area (Å²) in [5.41, 5.74) is 1.07. The van der Waals surface area contributed by atoms with Crippen LogP contribution in [0.15, 0.2) is 36.4 Å². The maximum Gasteiger partial charge on any atom is 0.232 e. The number of anilines is 1. The van der Waals surface area contributed by atoms with E-state index in [4.69, 9.17) is 11.6 Å². The molecule has 0 saturated carbocycles. The van der Waals surface area contributed by atoms with E-state index >= 15 is 0 Å². The van der Waals surface area contributed by atoms with Gasteiger partial charge in [0.15, 0.2) is 0 Å². The summed E-state index contributed by atoms with van der Waals surface area (Å²) in [5, 5.41) is 7.65. The van der Waals surface area contributed by atoms with Gasteiger partial charge < -0.3 is 5.32 Å². The maximum absolute atomic E-state index is 12.5. The fourth-order valence-corrected chi connectivity index (χ4v) is 2.07. The van der Waals surface area contributed by atoms with Crippen molar-refractivity contribution in [2.45, 2.75) is 40.0 Å². The lowest BCUT2D eigenvalue weighted by Gasteiger charge is -2.20. The molecule has 2 rings (SSSR count). The van der Waals surface area contributed by atoms with E-state index in [0.717, 1.165) is 11.4 Å². The van der Waals surface area contributed by atoms with Gasteiger partial charge in [-0.3, -0.25) is 4.79 Å². The van der Waals surface area contributed by atoms with Crippen LogP contribution in [0.25, 0.3) is 5.69 Å². The number of para-hydroxylation sites is 1. The molecule has 0 saturated heterocycles. The molecule has 0 radical (unpaired) electrons. The molecule has 1 aromatic carbocycles. The molecule has 0 atom stereocenters. The number of nitrogens with zero attached hydrogens (tertiary/aromatic N) is 2. The van der Waals surface area contributed by atoms with Crippen LogP contribution in [-0.4, -0.2) is 21.6 Å². The third kappa shape index (κ3) is 3.94. The summed E-state index contributed by atoms with van der Waals surface area (Å²) in [6.45, 7) is 9.93. The van der Waals surface area contributed by atoms with Gasteiger partial charge in [0.2, 0.25) is 5.91 Å². The molecule has 124 valence electrons. The van der Waals surface area contributed by atoms with Crippen molar-refractivity contribution in [1.82, 2.24) is 9.78 Å². The number of carbonyl (C=O) groups is 1. The molecule has 1 amide bonds. The summed E-state index contributed by atoms with van der Waals surface area (Å²) in [6, 6.07) is 11.7. The molecule has 23 heavy (non-hydrogen) atoms. The molecule has 0 fully saturated rings. The van der Waals surface area contributed by atoms with Crippen molar-refractivity contribution >= 4 is 23.3 Å². The lowest BCUT2D eigenvalue weighted by molar-refractivity contribution is -0.123. The molecule has 0 aliphatic carbocycles. The number of carbonyl (C=O) groups excluding carboxylic acids is 1. The number of rotatable bonds is 4. The van der Waals surface area contributed by atoms with E-state index in [0.29, 0.717) is 5.82 Å². The molecule has 0 aliphatic rings. The normalized spacial score (nSPS) is 12.3. The first-order valence-corrected chi connectivity index (χ1v) is 8.22. The van der Waals surface area contributed by atoms with Crippen molar-refractivity contribution in [2.24, 2.45) is 5.41 Å². The molecule has 0 bridgehead atoms. The monoisotopic (exact) mass is 333 g/mol. The summed E-state index contributed by atoms with van der Waals surface area (Å²) in [5.74, 6) is 0.791. The van der Waals surface area contributed by atoms with Crippen molar-refractivity contribution in [2.75, 3.05) is 11.2 Å². The second-order valence-electron chi connectivity index (χ2n) is 7.38. The van der Waals surface area contributed by atoms with Crippen LogP contribution in [0.4, 0.5) is 5.82 Å². The maximum atomic E-state index is 12.5. The van der Waals surface area contributed by atoms with Gasteiger partial charge in [-0.1, -0.05) is 39.0 Å². The highest BCUT2D eigenvalue weighted by molar-refractivity contribution is 6.20. The van der Waals surface area contributed by atoms with Gasteiger partial charge in [-0.05, 0) is 26.0 Å². The van der Waals surface area contributed by atoms with Crippen LogP contribution in [0.1, 0.15) is 40.3 Å². The predicted molar refractivity (Wildman–Crippen MR) is 95.4 cm³/mol. The molecule has 4 nitrogen and oxygen atoms in total. The zero-order valence-corrected chi connectivity index (χ0v) is 15.1. The van der Waals surface area contributed by atoms with E-state index in [9.17, 15) is 4.79 Å². The minimum atomic E-state index is -0.644. The van der Waals surface area contributed by atoms with Crippen LogP contribution in [0.5, 0.6) is 0 Å². The SMILES string of the molecule is CC(C)(CCl)C(=O)Nc1cc(C(C)(C)C)nn1-c1ccccc1. The van der Waals surface area contributed by atoms with E-state index in [2.05, 4.69) is 31.2 Å². The molecule has 0 aliphatic heterocycles. The van der Waals surface area contributed by atoms with E-state index in [1.807, 2.05) is 50.2 Å². The van der Waals surface area contributed by atoms with Gasteiger partial charge in [-0.15, -0.1) is 11.6 Å². The van der Waals surface area contributed by atoms with E-state index in [-0.39, 0.29) is 17.2 Å². The third-order valence-corrected chi connectivity index (χ3v) is 4.34. The van der Waals surface area contributed by atoms with Crippen molar-refractivity contribution < 1.29 is 4.79 Å². The van der Waals surface area contributed by atoms with Crippen LogP contribution >= 0.6 is 11.6 Å². The second kappa shape index (κ2) is 6.36. The highest BCUT2D eigenvalue weighted by Gasteiger charge is 2.28. The van der Waals surface area contributed by atoms with E-state index < -0.39 is 5.41 Å². The van der Waals surface area contributed by atoms with Crippen LogP contribution in [0.2, 0.25) is 0 Å². The van der Waals surface area contributed by atoms with Crippen LogP contribution in [0, 0.1) is 5.41 Å². The molecule has 0 spiro atoms. The van der Waals surface area contributed by atoms with Gasteiger partial charge in [0.05, 0.1) is 16.8 Å². The fourth-order valence-electron chi connectivity index (χ4n) is 1.95. The van der Waals surface area contributed by atoms with Gasteiger partial charge in [0.1, 0.15) is 5.82 Å². The lowest BCUT2D eigenvalue weighted by atomic mass is 9.92. The number of amides is 1. The molecular weight excluding hydrogens is 310 g/mol. The van der Waals surface area contributed by atoms with Crippen LogP contribution in [0.3, 0.4) is 0 Å². The number of alkyl halides is 1. The van der Waals surface area contributed by atoms with Crippen molar-refractivity contribution in [1.29, 1.82) is 0 Å². The first-order valence-electron chi connectivity index (χ1n) is 7.68. The predicted octanol–water partition coefficient (Wildman–Crippen LogP) is 4.37. The Bertz CT molecular complexity index is 684. The van der Waals surface area contributed by atoms with E-state index in [1.165, 1.54) is 0 Å². The zero-order valence-electron chi connectivity index (χ0n) is 14.4. The lowest BCUT2D eigenvalue weighted by Crippen LogP contribution is -2.32. The zero-order chi connectivity index (χ0) is 17.3. The average Bonchev–Trinajstić information content (AvgIpc) is 2.92. The molecular formula is C18H24ClN3O. The topological polar surface area (TPSA) is 46.9 Å². The summed E-state index contributed by atoms with van der Waals surface area (Å²) in [7, 11) is 0. The summed E-state index contributed by atoms with van der Waals surface area (Å²) < 4.78 is 1.77. The van der Waals surface area contributed by atoms with Crippen molar-refractivity contribution in [3.63, 3.8) is 0 Å². The first-order chi connectivity index (χ1) is 10.6. The van der Waals surface area contributed by atoms with Gasteiger partial charge in [0, 0.05) is 17.4 Å². The van der Waals surface area contributed by atoms with Crippen LogP contribution in [-0.2, 0) is 10.2 Å². The first kappa shape index (κ1) is 17.5. The van der Waals surface area contributed by atoms with Crippen molar-refractivity contribution in [3.8, 4) is 5.69 Å². The third-order valence-electron chi connectivity index (χ3n) is 3.67. The quantitative estimate of drug-likeness (QED) is 0.844. The molecule has 5 heteroatoms. The molecule has 0 unspecified atom stereocenters. The molecule has 1 N–H and O–H groups in total. The Morgan fingerprint density at radius 1 is 1.17 bits per heavy atom. The number of halogens is 1. The summed E-state index contributed by atoms with van der Waals surface area (Å²) in [6.07, 6.45) is 0. The van der Waals surface area contributed by atoms with Crippen LogP contribution < -0.4 is 5.32 Å². The number of aromatic nitrogens is 2. The van der Waals surface area contributed by atoms with Gasteiger partial charge >= 0.3 is 0 Å².